The molecule has 100 valence electrons. The summed E-state index contributed by atoms with van der Waals surface area (Å²) in [7, 11) is 0. The standard InChI is InChI=1S/C14H17N3O2/c15-14(8-4-5-9-14)13-16-12(17-19-13)10-18-11-6-2-1-3-7-11/h1-3,6-7H,4-5,8-10,15H2. The zero-order valence-corrected chi connectivity index (χ0v) is 10.7. The first kappa shape index (κ1) is 12.2. The molecule has 5 nitrogen and oxygen atoms in total. The van der Waals surface area contributed by atoms with Gasteiger partial charge in [0.25, 0.3) is 0 Å². The average Bonchev–Trinajstić information content (AvgIpc) is 3.07. The molecule has 0 radical (unpaired) electrons. The molecule has 0 aliphatic heterocycles. The first-order chi connectivity index (χ1) is 9.26. The molecule has 19 heavy (non-hydrogen) atoms. The largest absolute Gasteiger partial charge is 0.485 e. The van der Waals surface area contributed by atoms with Crippen LogP contribution in [0.2, 0.25) is 0 Å². The number of aromatic nitrogens is 2. The topological polar surface area (TPSA) is 74.2 Å². The molecule has 0 unspecified atom stereocenters. The van der Waals surface area contributed by atoms with E-state index in [1.54, 1.807) is 0 Å². The van der Waals surface area contributed by atoms with Crippen molar-refractivity contribution in [1.82, 2.24) is 10.1 Å². The molecule has 5 heteroatoms. The minimum Gasteiger partial charge on any atom is -0.485 e. The second-order valence-corrected chi connectivity index (χ2v) is 4.98. The van der Waals surface area contributed by atoms with Gasteiger partial charge in [-0.3, -0.25) is 0 Å². The Balaban J connectivity index is 1.65. The highest BCUT2D eigenvalue weighted by molar-refractivity contribution is 5.21. The van der Waals surface area contributed by atoms with Crippen molar-refractivity contribution in [2.45, 2.75) is 37.8 Å². The Hall–Kier alpha value is -1.88. The summed E-state index contributed by atoms with van der Waals surface area (Å²) >= 11 is 0. The molecule has 0 bridgehead atoms. The number of hydrogen-bond donors (Lipinski definition) is 1. The average molecular weight is 259 g/mol. The molecular weight excluding hydrogens is 242 g/mol. The lowest BCUT2D eigenvalue weighted by atomic mass is 9.99. The number of nitrogens with two attached hydrogens (primary N) is 1. The molecule has 2 aromatic rings. The van der Waals surface area contributed by atoms with Gasteiger partial charge in [-0.15, -0.1) is 0 Å². The van der Waals surface area contributed by atoms with Crippen molar-refractivity contribution in [3.05, 3.63) is 42.0 Å². The first-order valence-electron chi connectivity index (χ1n) is 6.56. The van der Waals surface area contributed by atoms with Crippen molar-refractivity contribution < 1.29 is 9.26 Å². The van der Waals surface area contributed by atoms with Crippen LogP contribution in [0, 0.1) is 0 Å². The molecule has 0 amide bonds. The summed E-state index contributed by atoms with van der Waals surface area (Å²) in [4.78, 5) is 4.35. The molecule has 0 spiro atoms. The number of nitrogens with zero attached hydrogens (tertiary/aromatic N) is 2. The van der Waals surface area contributed by atoms with Gasteiger partial charge in [0.15, 0.2) is 6.61 Å². The molecule has 1 fully saturated rings. The first-order valence-corrected chi connectivity index (χ1v) is 6.56. The number of rotatable bonds is 4. The van der Waals surface area contributed by atoms with Gasteiger partial charge in [0.1, 0.15) is 5.75 Å². The predicted molar refractivity (Wildman–Crippen MR) is 69.4 cm³/mol. The molecular formula is C14H17N3O2. The Kier molecular flexibility index (Phi) is 3.21. The van der Waals surface area contributed by atoms with E-state index in [0.717, 1.165) is 31.4 Å². The molecule has 2 N–H and O–H groups in total. The second-order valence-electron chi connectivity index (χ2n) is 4.98. The van der Waals surface area contributed by atoms with Crippen LogP contribution in [0.1, 0.15) is 37.4 Å². The lowest BCUT2D eigenvalue weighted by molar-refractivity contribution is 0.269. The van der Waals surface area contributed by atoms with Crippen LogP contribution < -0.4 is 10.5 Å². The summed E-state index contributed by atoms with van der Waals surface area (Å²) in [5, 5.41) is 3.93. The summed E-state index contributed by atoms with van der Waals surface area (Å²) in [5.74, 6) is 1.87. The van der Waals surface area contributed by atoms with Crippen molar-refractivity contribution in [2.75, 3.05) is 0 Å². The van der Waals surface area contributed by atoms with E-state index in [0.29, 0.717) is 18.3 Å². The normalized spacial score (nSPS) is 17.5. The molecule has 1 saturated carbocycles. The van der Waals surface area contributed by atoms with E-state index in [2.05, 4.69) is 10.1 Å². The van der Waals surface area contributed by atoms with E-state index >= 15 is 0 Å². The van der Waals surface area contributed by atoms with Crippen LogP contribution in [0.3, 0.4) is 0 Å². The Morgan fingerprint density at radius 1 is 1.21 bits per heavy atom. The van der Waals surface area contributed by atoms with Crippen molar-refractivity contribution in [1.29, 1.82) is 0 Å². The minimum absolute atomic E-state index is 0.295. The van der Waals surface area contributed by atoms with E-state index in [1.807, 2.05) is 30.3 Å². The van der Waals surface area contributed by atoms with E-state index in [1.165, 1.54) is 0 Å². The molecule has 0 atom stereocenters. The monoisotopic (exact) mass is 259 g/mol. The van der Waals surface area contributed by atoms with Gasteiger partial charge in [-0.05, 0) is 25.0 Å². The fourth-order valence-electron chi connectivity index (χ4n) is 2.40. The number of ether oxygens (including phenoxy) is 1. The van der Waals surface area contributed by atoms with Crippen LogP contribution >= 0.6 is 0 Å². The summed E-state index contributed by atoms with van der Waals surface area (Å²) in [5.41, 5.74) is 5.83. The summed E-state index contributed by atoms with van der Waals surface area (Å²) in [6.07, 6.45) is 4.06. The quantitative estimate of drug-likeness (QED) is 0.912. The van der Waals surface area contributed by atoms with E-state index in [9.17, 15) is 0 Å². The number of para-hydroxylation sites is 1. The summed E-state index contributed by atoms with van der Waals surface area (Å²) < 4.78 is 10.8. The Morgan fingerprint density at radius 2 is 1.95 bits per heavy atom. The lowest BCUT2D eigenvalue weighted by Crippen LogP contribution is -2.33. The number of hydrogen-bond acceptors (Lipinski definition) is 5. The highest BCUT2D eigenvalue weighted by atomic mass is 16.5. The van der Waals surface area contributed by atoms with Gasteiger partial charge < -0.3 is 15.0 Å². The van der Waals surface area contributed by atoms with Crippen molar-refractivity contribution in [3.8, 4) is 5.75 Å². The van der Waals surface area contributed by atoms with E-state index in [-0.39, 0.29) is 0 Å². The smallest absolute Gasteiger partial charge is 0.246 e. The van der Waals surface area contributed by atoms with Crippen LogP contribution in [0.25, 0.3) is 0 Å². The highest BCUT2D eigenvalue weighted by Crippen LogP contribution is 2.35. The molecule has 1 heterocycles. The minimum atomic E-state index is -0.433. The van der Waals surface area contributed by atoms with Crippen LogP contribution in [0.15, 0.2) is 34.9 Å². The van der Waals surface area contributed by atoms with Crippen LogP contribution in [-0.4, -0.2) is 10.1 Å². The Morgan fingerprint density at radius 3 is 2.68 bits per heavy atom. The zero-order chi connectivity index (χ0) is 13.1. The van der Waals surface area contributed by atoms with Gasteiger partial charge in [-0.2, -0.15) is 4.98 Å². The Bertz CT molecular complexity index is 533. The van der Waals surface area contributed by atoms with Gasteiger partial charge in [0.05, 0.1) is 5.54 Å². The summed E-state index contributed by atoms with van der Waals surface area (Å²) in [6, 6.07) is 9.57. The predicted octanol–water partition coefficient (Wildman–Crippen LogP) is 2.38. The van der Waals surface area contributed by atoms with Gasteiger partial charge in [0.2, 0.25) is 11.7 Å². The Labute approximate surface area is 111 Å². The summed E-state index contributed by atoms with van der Waals surface area (Å²) in [6.45, 7) is 0.295. The van der Waals surface area contributed by atoms with Crippen LogP contribution in [-0.2, 0) is 12.1 Å². The van der Waals surface area contributed by atoms with Gasteiger partial charge in [-0.25, -0.2) is 0 Å². The van der Waals surface area contributed by atoms with Crippen molar-refractivity contribution in [2.24, 2.45) is 5.73 Å². The van der Waals surface area contributed by atoms with E-state index in [4.69, 9.17) is 15.0 Å². The fourth-order valence-corrected chi connectivity index (χ4v) is 2.40. The van der Waals surface area contributed by atoms with Crippen molar-refractivity contribution >= 4 is 0 Å². The van der Waals surface area contributed by atoms with Gasteiger partial charge in [-0.1, -0.05) is 36.2 Å². The maximum absolute atomic E-state index is 6.26. The zero-order valence-electron chi connectivity index (χ0n) is 10.7. The molecule has 1 aromatic heterocycles. The fraction of sp³-hybridized carbons (Fsp3) is 0.429. The lowest BCUT2D eigenvalue weighted by Gasteiger charge is -2.17. The third-order valence-corrected chi connectivity index (χ3v) is 3.50. The molecule has 1 aliphatic rings. The maximum Gasteiger partial charge on any atom is 0.246 e. The number of benzene rings is 1. The third kappa shape index (κ3) is 2.61. The third-order valence-electron chi connectivity index (χ3n) is 3.50. The van der Waals surface area contributed by atoms with Gasteiger partial charge >= 0.3 is 0 Å². The van der Waals surface area contributed by atoms with Gasteiger partial charge in [0, 0.05) is 0 Å². The van der Waals surface area contributed by atoms with Crippen LogP contribution in [0.5, 0.6) is 5.75 Å². The molecule has 1 aliphatic carbocycles. The molecule has 3 rings (SSSR count). The SMILES string of the molecule is NC1(c2nc(COc3ccccc3)no2)CCCC1. The van der Waals surface area contributed by atoms with E-state index < -0.39 is 5.54 Å². The molecule has 1 aromatic carbocycles. The second kappa shape index (κ2) is 5.01. The maximum atomic E-state index is 6.26. The van der Waals surface area contributed by atoms with Crippen LogP contribution in [0.4, 0.5) is 0 Å². The highest BCUT2D eigenvalue weighted by Gasteiger charge is 2.36. The van der Waals surface area contributed by atoms with Crippen molar-refractivity contribution in [3.63, 3.8) is 0 Å². The molecule has 0 saturated heterocycles.